The molecule has 0 spiro atoms. The van der Waals surface area contributed by atoms with E-state index in [-0.39, 0.29) is 38.5 Å². The van der Waals surface area contributed by atoms with E-state index in [1.54, 1.807) is 6.08 Å². The summed E-state index contributed by atoms with van der Waals surface area (Å²) in [4.78, 5) is 56.7. The van der Waals surface area contributed by atoms with Crippen molar-refractivity contribution in [1.29, 1.82) is 0 Å². The molecule has 1 heterocycles. The molecule has 0 aromatic carbocycles. The lowest BCUT2D eigenvalue weighted by Crippen LogP contribution is -2.56. The highest BCUT2D eigenvalue weighted by atomic mass is 31.2. The van der Waals surface area contributed by atoms with Crippen LogP contribution in [0.4, 0.5) is 0 Å². The number of phosphoric ester groups is 2. The van der Waals surface area contributed by atoms with E-state index in [1.165, 1.54) is 31.4 Å². The standard InChI is InChI=1S/C49H84O19P2/c1-3-5-7-8-9-10-11-12-13-14-15-16-17-18-19-20-25-29-42(53)64-34-37-35-65-70(62,63)68-49-47(58)46(57)44(55)38(28-24-21-22-26-30-43(54)66-37)40(51)33-41(52)39(32-31-36(50)27-23-6-4-2)45(56)48(49)67-69(59,60)61/h9-10,12-13,15-16,21,24,31-32,36-41,44-52,55-58H,3-8,11,14,17-20,22-23,25-30,33-35H2,1-2H3,(H,62,63)(H2,59,60,61)/b10-9-,13-12-,16-15-,24-21?,32-31?/t36-,37+,38-,39-,40-,41+,44+,45+,46-,47+,48+,49-/m0/s1. The quantitative estimate of drug-likeness (QED) is 0.0210. The highest BCUT2D eigenvalue weighted by Crippen LogP contribution is 2.50. The van der Waals surface area contributed by atoms with Crippen molar-refractivity contribution >= 4 is 27.6 Å². The van der Waals surface area contributed by atoms with Crippen LogP contribution < -0.4 is 0 Å². The molecule has 404 valence electrons. The largest absolute Gasteiger partial charge is 0.472 e. The maximum Gasteiger partial charge on any atom is 0.472 e. The Labute approximate surface area is 414 Å². The van der Waals surface area contributed by atoms with Gasteiger partial charge in [0.15, 0.2) is 6.10 Å². The first kappa shape index (κ1) is 63.7. The zero-order valence-electron chi connectivity index (χ0n) is 41.0. The Morgan fingerprint density at radius 2 is 1.46 bits per heavy atom. The third-order valence-corrected chi connectivity index (χ3v) is 13.6. The Kier molecular flexibility index (Phi) is 32.5. The second kappa shape index (κ2) is 35.7. The number of aliphatic hydroxyl groups excluding tert-OH is 7. The second-order valence-corrected chi connectivity index (χ2v) is 20.7. The first-order valence-electron chi connectivity index (χ1n) is 25.1. The summed E-state index contributed by atoms with van der Waals surface area (Å²) < 4.78 is 52.2. The molecule has 19 nitrogen and oxygen atoms in total. The van der Waals surface area contributed by atoms with Crippen LogP contribution in [0.15, 0.2) is 60.8 Å². The third kappa shape index (κ3) is 27.0. The summed E-state index contributed by atoms with van der Waals surface area (Å²) in [6.07, 6.45) is 9.87. The van der Waals surface area contributed by atoms with E-state index < -0.39 is 120 Å². The van der Waals surface area contributed by atoms with Gasteiger partial charge in [0.1, 0.15) is 31.0 Å². The van der Waals surface area contributed by atoms with E-state index in [0.29, 0.717) is 12.8 Å². The number of esters is 2. The Bertz CT molecular complexity index is 1700. The fraction of sp³-hybridized carbons (Fsp3) is 0.755. The summed E-state index contributed by atoms with van der Waals surface area (Å²) in [6, 6.07) is 0. The topological polar surface area (TPSA) is 317 Å². The predicted octanol–water partition coefficient (Wildman–Crippen LogP) is 6.22. The molecule has 0 aromatic heterocycles. The highest BCUT2D eigenvalue weighted by Gasteiger charge is 2.51. The SMILES string of the molecule is CCCCC/C=C\C/C=C\C/C=C\CCCCCCC(=O)OC[C@@H]1COP(=O)(O)O[C@H]2[C@H](O)[C@@H](O)[C@H](O)[C@@H](CC=CCCCC(=O)O1)[C@@H](O)C[C@@H](O)[C@H](C=C[C@@H](O)CCCCC)[C@@H](O)[C@H]2OP(=O)(O)O. The van der Waals surface area contributed by atoms with Crippen molar-refractivity contribution in [3.05, 3.63) is 60.8 Å². The van der Waals surface area contributed by atoms with Crippen LogP contribution in [-0.2, 0) is 41.8 Å². The third-order valence-electron chi connectivity index (χ3n) is 12.1. The van der Waals surface area contributed by atoms with E-state index in [2.05, 4.69) is 43.4 Å². The summed E-state index contributed by atoms with van der Waals surface area (Å²) in [5, 5.41) is 79.7. The van der Waals surface area contributed by atoms with Crippen molar-refractivity contribution in [3.8, 4) is 0 Å². The van der Waals surface area contributed by atoms with Crippen LogP contribution in [0.25, 0.3) is 0 Å². The van der Waals surface area contributed by atoms with E-state index in [0.717, 1.165) is 63.9 Å². The van der Waals surface area contributed by atoms with Gasteiger partial charge in [-0.15, -0.1) is 0 Å². The number of aliphatic hydroxyl groups is 7. The van der Waals surface area contributed by atoms with Crippen molar-refractivity contribution in [1.82, 2.24) is 0 Å². The van der Waals surface area contributed by atoms with Gasteiger partial charge in [-0.2, -0.15) is 0 Å². The molecule has 10 N–H and O–H groups in total. The van der Waals surface area contributed by atoms with E-state index >= 15 is 0 Å². The van der Waals surface area contributed by atoms with Gasteiger partial charge in [-0.05, 0) is 70.6 Å². The Hall–Kier alpha value is -2.42. The average molecular weight is 1040 g/mol. The van der Waals surface area contributed by atoms with E-state index in [9.17, 15) is 69.1 Å². The maximum atomic E-state index is 13.7. The molecule has 1 fully saturated rings. The summed E-state index contributed by atoms with van der Waals surface area (Å²) >= 11 is 0. The molecule has 21 heteroatoms. The maximum absolute atomic E-state index is 13.7. The Balaban J connectivity index is 2.26. The molecule has 0 radical (unpaired) electrons. The molecular formula is C49H84O19P2. The first-order chi connectivity index (χ1) is 33.3. The highest BCUT2D eigenvalue weighted by molar-refractivity contribution is 7.47. The van der Waals surface area contributed by atoms with Crippen molar-refractivity contribution in [2.45, 2.75) is 210 Å². The molecule has 0 aromatic rings. The summed E-state index contributed by atoms with van der Waals surface area (Å²) in [6.45, 7) is 2.53. The summed E-state index contributed by atoms with van der Waals surface area (Å²) in [5.41, 5.74) is 0. The van der Waals surface area contributed by atoms with Crippen molar-refractivity contribution < 1.29 is 92.2 Å². The molecular weight excluding hydrogens is 954 g/mol. The number of phosphoric acid groups is 2. The Morgan fingerprint density at radius 1 is 0.829 bits per heavy atom. The molecule has 2 bridgehead atoms. The zero-order chi connectivity index (χ0) is 52.0. The predicted molar refractivity (Wildman–Crippen MR) is 261 cm³/mol. The number of carbonyl (C=O) groups is 2. The lowest BCUT2D eigenvalue weighted by molar-refractivity contribution is -0.165. The monoisotopic (exact) mass is 1040 g/mol. The fourth-order valence-electron chi connectivity index (χ4n) is 8.08. The summed E-state index contributed by atoms with van der Waals surface area (Å²) in [5.74, 6) is -4.54. The van der Waals surface area contributed by atoms with Gasteiger partial charge in [0.25, 0.3) is 0 Å². The number of rotatable bonds is 25. The van der Waals surface area contributed by atoms with Gasteiger partial charge >= 0.3 is 27.6 Å². The number of carbonyl (C=O) groups excluding carboxylic acids is 2. The fourth-order valence-corrected chi connectivity index (χ4v) is 9.61. The van der Waals surface area contributed by atoms with Crippen LogP contribution in [-0.4, -0.2) is 137 Å². The van der Waals surface area contributed by atoms with Crippen LogP contribution in [0, 0.1) is 11.8 Å². The number of allylic oxidation sites excluding steroid dienone is 8. The number of fused-ring (bicyclic) bond motifs is 4. The number of unbranched alkanes of at least 4 members (excludes halogenated alkanes) is 9. The normalized spacial score (nSPS) is 31.0. The van der Waals surface area contributed by atoms with Crippen LogP contribution in [0.1, 0.15) is 149 Å². The molecule has 1 saturated carbocycles. The zero-order valence-corrected chi connectivity index (χ0v) is 42.8. The minimum absolute atomic E-state index is 0.0285. The minimum atomic E-state index is -5.77. The van der Waals surface area contributed by atoms with Gasteiger partial charge < -0.3 is 59.9 Å². The number of hydrogen-bond donors (Lipinski definition) is 10. The van der Waals surface area contributed by atoms with Gasteiger partial charge in [0, 0.05) is 31.1 Å². The molecule has 0 saturated heterocycles. The van der Waals surface area contributed by atoms with Crippen LogP contribution in [0.2, 0.25) is 0 Å². The van der Waals surface area contributed by atoms with E-state index in [4.69, 9.17) is 23.0 Å². The molecule has 1 aliphatic carbocycles. The van der Waals surface area contributed by atoms with Gasteiger partial charge in [0.2, 0.25) is 0 Å². The molecule has 2 aliphatic rings. The minimum Gasteiger partial charge on any atom is -0.462 e. The van der Waals surface area contributed by atoms with Crippen LogP contribution in [0.5, 0.6) is 0 Å². The van der Waals surface area contributed by atoms with Crippen molar-refractivity contribution in [2.75, 3.05) is 13.2 Å². The van der Waals surface area contributed by atoms with Crippen LogP contribution in [0.3, 0.4) is 0 Å². The number of cyclic esters (lactones) is 1. The molecule has 13 atom stereocenters. The van der Waals surface area contributed by atoms with E-state index in [1.807, 2.05) is 6.92 Å². The van der Waals surface area contributed by atoms with Gasteiger partial charge in [0.05, 0.1) is 37.1 Å². The molecule has 0 amide bonds. The lowest BCUT2D eigenvalue weighted by Gasteiger charge is -2.38. The van der Waals surface area contributed by atoms with Crippen molar-refractivity contribution in [2.24, 2.45) is 11.8 Å². The molecule has 1 aliphatic heterocycles. The van der Waals surface area contributed by atoms with Crippen LogP contribution >= 0.6 is 15.6 Å². The Morgan fingerprint density at radius 3 is 2.11 bits per heavy atom. The number of ether oxygens (including phenoxy) is 2. The molecule has 1 unspecified atom stereocenters. The molecule has 2 rings (SSSR count). The van der Waals surface area contributed by atoms with Gasteiger partial charge in [-0.3, -0.25) is 23.2 Å². The van der Waals surface area contributed by atoms with Gasteiger partial charge in [-0.1, -0.05) is 120 Å². The van der Waals surface area contributed by atoms with Gasteiger partial charge in [-0.25, -0.2) is 9.13 Å². The number of hydrogen-bond acceptors (Lipinski definition) is 16. The second-order valence-electron chi connectivity index (χ2n) is 18.1. The molecule has 70 heavy (non-hydrogen) atoms. The first-order valence-corrected chi connectivity index (χ1v) is 28.1. The average Bonchev–Trinajstić information content (AvgIpc) is 3.30. The lowest BCUT2D eigenvalue weighted by atomic mass is 9.83. The smallest absolute Gasteiger partial charge is 0.462 e. The summed E-state index contributed by atoms with van der Waals surface area (Å²) in [7, 11) is -11.5. The van der Waals surface area contributed by atoms with Crippen molar-refractivity contribution in [3.63, 3.8) is 0 Å².